The average Bonchev–Trinajstić information content (AvgIpc) is 2.61. The Morgan fingerprint density at radius 3 is 2.50 bits per heavy atom. The standard InChI is InChI=1S/C14H18N2O2/c1-4-5-6-13(17)10-7-8-11-12(9-10)16(3)14(18)15(11)2/h7-9H,4-6H2,1-3H3. The second-order valence-electron chi connectivity index (χ2n) is 4.63. The molecule has 0 amide bonds. The van der Waals surface area contributed by atoms with Gasteiger partial charge in [-0.1, -0.05) is 13.3 Å². The van der Waals surface area contributed by atoms with Crippen LogP contribution < -0.4 is 5.69 Å². The summed E-state index contributed by atoms with van der Waals surface area (Å²) < 4.78 is 3.17. The molecule has 0 N–H and O–H groups in total. The van der Waals surface area contributed by atoms with Crippen LogP contribution in [0.3, 0.4) is 0 Å². The smallest absolute Gasteiger partial charge is 0.295 e. The van der Waals surface area contributed by atoms with E-state index in [0.29, 0.717) is 12.0 Å². The van der Waals surface area contributed by atoms with E-state index < -0.39 is 0 Å². The van der Waals surface area contributed by atoms with Crippen molar-refractivity contribution < 1.29 is 4.79 Å². The van der Waals surface area contributed by atoms with Gasteiger partial charge in [-0.05, 0) is 24.6 Å². The first kappa shape index (κ1) is 12.6. The summed E-state index contributed by atoms with van der Waals surface area (Å²) in [5.41, 5.74) is 2.29. The number of aromatic nitrogens is 2. The van der Waals surface area contributed by atoms with Crippen LogP contribution in [0.1, 0.15) is 36.5 Å². The van der Waals surface area contributed by atoms with Crippen LogP contribution in [0, 0.1) is 0 Å². The lowest BCUT2D eigenvalue weighted by Gasteiger charge is -2.01. The van der Waals surface area contributed by atoms with E-state index in [-0.39, 0.29) is 11.5 Å². The molecule has 0 aliphatic carbocycles. The molecule has 0 fully saturated rings. The first-order valence-corrected chi connectivity index (χ1v) is 6.25. The highest BCUT2D eigenvalue weighted by atomic mass is 16.1. The Morgan fingerprint density at radius 2 is 1.83 bits per heavy atom. The number of imidazole rings is 1. The Labute approximate surface area is 106 Å². The number of hydrogen-bond donors (Lipinski definition) is 0. The lowest BCUT2D eigenvalue weighted by molar-refractivity contribution is 0.0980. The number of rotatable bonds is 4. The molecule has 4 nitrogen and oxygen atoms in total. The van der Waals surface area contributed by atoms with Crippen LogP contribution in [0.25, 0.3) is 11.0 Å². The normalized spacial score (nSPS) is 11.1. The second kappa shape index (κ2) is 4.80. The number of unbranched alkanes of at least 4 members (excludes halogenated alkanes) is 1. The fourth-order valence-electron chi connectivity index (χ4n) is 2.16. The van der Waals surface area contributed by atoms with E-state index in [4.69, 9.17) is 0 Å². The first-order chi connectivity index (χ1) is 8.56. The summed E-state index contributed by atoms with van der Waals surface area (Å²) in [4.78, 5) is 23.7. The number of benzene rings is 1. The molecule has 4 heteroatoms. The van der Waals surface area contributed by atoms with Gasteiger partial charge in [-0.3, -0.25) is 13.9 Å². The molecule has 1 heterocycles. The molecule has 96 valence electrons. The highest BCUT2D eigenvalue weighted by molar-refractivity contribution is 5.98. The van der Waals surface area contributed by atoms with Crippen molar-refractivity contribution >= 4 is 16.8 Å². The highest BCUT2D eigenvalue weighted by Crippen LogP contribution is 2.16. The molecule has 18 heavy (non-hydrogen) atoms. The van der Waals surface area contributed by atoms with Gasteiger partial charge in [0.2, 0.25) is 0 Å². The van der Waals surface area contributed by atoms with Gasteiger partial charge in [0.25, 0.3) is 0 Å². The van der Waals surface area contributed by atoms with Crippen LogP contribution in [-0.4, -0.2) is 14.9 Å². The molecular weight excluding hydrogens is 228 g/mol. The maximum atomic E-state index is 12.0. The van der Waals surface area contributed by atoms with Crippen molar-refractivity contribution in [1.29, 1.82) is 0 Å². The highest BCUT2D eigenvalue weighted by Gasteiger charge is 2.11. The Hall–Kier alpha value is -1.84. The largest absolute Gasteiger partial charge is 0.328 e. The molecule has 2 aromatic rings. The van der Waals surface area contributed by atoms with E-state index in [9.17, 15) is 9.59 Å². The van der Waals surface area contributed by atoms with E-state index in [1.54, 1.807) is 29.3 Å². The van der Waals surface area contributed by atoms with Crippen LogP contribution in [0.15, 0.2) is 23.0 Å². The van der Waals surface area contributed by atoms with Crippen LogP contribution >= 0.6 is 0 Å². The Bertz CT molecular complexity index is 650. The summed E-state index contributed by atoms with van der Waals surface area (Å²) in [5, 5.41) is 0. The fourth-order valence-corrected chi connectivity index (χ4v) is 2.16. The molecule has 0 saturated carbocycles. The Kier molecular flexibility index (Phi) is 3.36. The lowest BCUT2D eigenvalue weighted by atomic mass is 10.1. The lowest BCUT2D eigenvalue weighted by Crippen LogP contribution is -2.19. The third-order valence-corrected chi connectivity index (χ3v) is 3.35. The average molecular weight is 246 g/mol. The molecule has 2 rings (SSSR count). The maximum Gasteiger partial charge on any atom is 0.328 e. The molecule has 0 radical (unpaired) electrons. The Balaban J connectivity index is 2.48. The minimum absolute atomic E-state index is 0.0665. The van der Waals surface area contributed by atoms with Gasteiger partial charge in [0.15, 0.2) is 5.78 Å². The van der Waals surface area contributed by atoms with Crippen LogP contribution in [0.2, 0.25) is 0 Å². The van der Waals surface area contributed by atoms with Gasteiger partial charge in [-0.2, -0.15) is 0 Å². The van der Waals surface area contributed by atoms with Crippen LogP contribution in [0.4, 0.5) is 0 Å². The van der Waals surface area contributed by atoms with Crippen molar-refractivity contribution in [2.24, 2.45) is 14.1 Å². The summed E-state index contributed by atoms with van der Waals surface area (Å²) in [5.74, 6) is 0.148. The van der Waals surface area contributed by atoms with Gasteiger partial charge in [-0.15, -0.1) is 0 Å². The monoisotopic (exact) mass is 246 g/mol. The number of carbonyl (C=O) groups excluding carboxylic acids is 1. The summed E-state index contributed by atoms with van der Waals surface area (Å²) in [6, 6.07) is 5.46. The third kappa shape index (κ3) is 1.98. The van der Waals surface area contributed by atoms with Gasteiger partial charge in [-0.25, -0.2) is 4.79 Å². The van der Waals surface area contributed by atoms with Gasteiger partial charge in [0.1, 0.15) is 0 Å². The number of carbonyl (C=O) groups is 1. The zero-order chi connectivity index (χ0) is 13.3. The Morgan fingerprint density at radius 1 is 1.17 bits per heavy atom. The first-order valence-electron chi connectivity index (χ1n) is 6.25. The SMILES string of the molecule is CCCCC(=O)c1ccc2c(c1)n(C)c(=O)n2C. The summed E-state index contributed by atoms with van der Waals surface area (Å²) in [6.45, 7) is 2.07. The number of fused-ring (bicyclic) bond motifs is 1. The van der Waals surface area contributed by atoms with Gasteiger partial charge >= 0.3 is 5.69 Å². The summed E-state index contributed by atoms with van der Waals surface area (Å²) >= 11 is 0. The number of ketones is 1. The molecule has 1 aromatic carbocycles. The molecule has 0 saturated heterocycles. The predicted molar refractivity (Wildman–Crippen MR) is 72.0 cm³/mol. The van der Waals surface area contributed by atoms with Gasteiger partial charge in [0, 0.05) is 26.1 Å². The summed E-state index contributed by atoms with van der Waals surface area (Å²) in [7, 11) is 3.47. The quantitative estimate of drug-likeness (QED) is 0.777. The van der Waals surface area contributed by atoms with Crippen molar-refractivity contribution in [2.45, 2.75) is 26.2 Å². The fraction of sp³-hybridized carbons (Fsp3) is 0.429. The van der Waals surface area contributed by atoms with Crippen LogP contribution in [0.5, 0.6) is 0 Å². The molecule has 0 aliphatic heterocycles. The molecular formula is C14H18N2O2. The molecule has 0 atom stereocenters. The number of nitrogens with zero attached hydrogens (tertiary/aromatic N) is 2. The minimum Gasteiger partial charge on any atom is -0.295 e. The zero-order valence-corrected chi connectivity index (χ0v) is 11.1. The minimum atomic E-state index is -0.0665. The van der Waals surface area contributed by atoms with Crippen molar-refractivity contribution in [3.8, 4) is 0 Å². The van der Waals surface area contributed by atoms with Crippen molar-refractivity contribution in [2.75, 3.05) is 0 Å². The molecule has 0 aliphatic rings. The third-order valence-electron chi connectivity index (χ3n) is 3.35. The van der Waals surface area contributed by atoms with Crippen LogP contribution in [-0.2, 0) is 14.1 Å². The van der Waals surface area contributed by atoms with Gasteiger partial charge < -0.3 is 0 Å². The van der Waals surface area contributed by atoms with Gasteiger partial charge in [0.05, 0.1) is 11.0 Å². The molecule has 1 aromatic heterocycles. The number of hydrogen-bond acceptors (Lipinski definition) is 2. The van der Waals surface area contributed by atoms with Crippen molar-refractivity contribution in [3.63, 3.8) is 0 Å². The van der Waals surface area contributed by atoms with E-state index in [1.807, 2.05) is 12.1 Å². The predicted octanol–water partition coefficient (Wildman–Crippen LogP) is 2.25. The molecule has 0 bridgehead atoms. The van der Waals surface area contributed by atoms with E-state index >= 15 is 0 Å². The topological polar surface area (TPSA) is 44.0 Å². The zero-order valence-electron chi connectivity index (χ0n) is 11.1. The number of Topliss-reactive ketones (excluding diaryl/α,β-unsaturated/α-hetero) is 1. The van der Waals surface area contributed by atoms with E-state index in [2.05, 4.69) is 6.92 Å². The maximum absolute atomic E-state index is 12.0. The molecule has 0 unspecified atom stereocenters. The number of aryl methyl sites for hydroxylation is 2. The van der Waals surface area contributed by atoms with Crippen molar-refractivity contribution in [1.82, 2.24) is 9.13 Å². The molecule has 0 spiro atoms. The van der Waals surface area contributed by atoms with E-state index in [1.165, 1.54) is 0 Å². The summed E-state index contributed by atoms with van der Waals surface area (Å²) in [6.07, 6.45) is 2.49. The second-order valence-corrected chi connectivity index (χ2v) is 4.63. The van der Waals surface area contributed by atoms with Crippen molar-refractivity contribution in [3.05, 3.63) is 34.2 Å². The van der Waals surface area contributed by atoms with E-state index in [0.717, 1.165) is 23.9 Å².